The predicted octanol–water partition coefficient (Wildman–Crippen LogP) is 2.03. The maximum Gasteiger partial charge on any atom is 0.257 e. The fourth-order valence-corrected chi connectivity index (χ4v) is 4.34. The molecule has 152 valence electrons. The first-order chi connectivity index (χ1) is 14.0. The van der Waals surface area contributed by atoms with Gasteiger partial charge < -0.3 is 25.0 Å². The molecule has 0 radical (unpaired) electrons. The van der Waals surface area contributed by atoms with Gasteiger partial charge in [0.15, 0.2) is 5.84 Å². The Kier molecular flexibility index (Phi) is 5.50. The number of piperidine rings is 1. The molecule has 4 N–H and O–H groups in total. The van der Waals surface area contributed by atoms with Crippen molar-refractivity contribution in [2.75, 3.05) is 24.4 Å². The quantitative estimate of drug-likeness (QED) is 0.658. The van der Waals surface area contributed by atoms with Crippen LogP contribution >= 0.6 is 0 Å². The van der Waals surface area contributed by atoms with Gasteiger partial charge >= 0.3 is 0 Å². The van der Waals surface area contributed by atoms with Crippen molar-refractivity contribution in [3.63, 3.8) is 0 Å². The number of phenols is 1. The molecule has 2 aliphatic heterocycles. The third-order valence-corrected chi connectivity index (χ3v) is 5.83. The maximum absolute atomic E-state index is 12.8. The van der Waals surface area contributed by atoms with Gasteiger partial charge in [-0.2, -0.15) is 4.72 Å². The van der Waals surface area contributed by atoms with E-state index < -0.39 is 11.5 Å². The van der Waals surface area contributed by atoms with Gasteiger partial charge in [0.2, 0.25) is 11.5 Å². The van der Waals surface area contributed by atoms with Crippen LogP contribution in [-0.4, -0.2) is 46.0 Å². The molecule has 1 fully saturated rings. The average Bonchev–Trinajstić information content (AvgIpc) is 2.72. The largest absolute Gasteiger partial charge is 0.566 e. The van der Waals surface area contributed by atoms with Crippen molar-refractivity contribution in [3.05, 3.63) is 53.6 Å². The second-order valence-corrected chi connectivity index (χ2v) is 7.98. The minimum atomic E-state index is -1.59. The van der Waals surface area contributed by atoms with Crippen LogP contribution < -0.4 is 15.2 Å². The molecular weight excluding hydrogens is 392 g/mol. The Morgan fingerprint density at radius 2 is 2.17 bits per heavy atom. The summed E-state index contributed by atoms with van der Waals surface area (Å²) in [5, 5.41) is 9.96. The number of likely N-dealkylation sites (tertiary alicyclic amines) is 1. The molecule has 2 unspecified atom stereocenters. The van der Waals surface area contributed by atoms with Crippen LogP contribution in [0.3, 0.4) is 0 Å². The van der Waals surface area contributed by atoms with Gasteiger partial charge in [-0.05, 0) is 41.5 Å². The van der Waals surface area contributed by atoms with Crippen molar-refractivity contribution < 1.29 is 19.2 Å². The smallest absolute Gasteiger partial charge is 0.257 e. The summed E-state index contributed by atoms with van der Waals surface area (Å²) in [5.74, 6) is 0.711. The molecule has 1 amide bonds. The molecule has 2 aromatic carbocycles. The Morgan fingerprint density at radius 3 is 3.00 bits per heavy atom. The van der Waals surface area contributed by atoms with E-state index in [4.69, 9.17) is 10.5 Å². The number of carbonyl (C=O) groups excluding carboxylic acids is 1. The SMILES string of the molecule is NC1=N[S+]([O-])Nc2cccc(OCC3CCCN(C(=O)c4ccccc4O)C3)c21. The third-order valence-electron chi connectivity index (χ3n) is 5.08. The number of benzene rings is 2. The van der Waals surface area contributed by atoms with Crippen molar-refractivity contribution in [1.29, 1.82) is 0 Å². The van der Waals surface area contributed by atoms with Crippen molar-refractivity contribution in [2.24, 2.45) is 16.0 Å². The number of amidine groups is 1. The van der Waals surface area contributed by atoms with Crippen LogP contribution in [-0.2, 0) is 11.5 Å². The molecule has 0 aromatic heterocycles. The number of nitrogens with two attached hydrogens (primary N) is 1. The second-order valence-electron chi connectivity index (χ2n) is 7.09. The van der Waals surface area contributed by atoms with Crippen molar-refractivity contribution >= 4 is 29.0 Å². The van der Waals surface area contributed by atoms with E-state index in [-0.39, 0.29) is 23.4 Å². The summed E-state index contributed by atoms with van der Waals surface area (Å²) in [4.78, 5) is 14.5. The van der Waals surface area contributed by atoms with E-state index in [1.165, 1.54) is 6.07 Å². The Bertz CT molecular complexity index is 952. The lowest BCUT2D eigenvalue weighted by Gasteiger charge is -2.33. The van der Waals surface area contributed by atoms with Crippen LogP contribution in [0.4, 0.5) is 5.69 Å². The lowest BCUT2D eigenvalue weighted by atomic mass is 9.98. The van der Waals surface area contributed by atoms with E-state index in [0.717, 1.165) is 12.8 Å². The second kappa shape index (κ2) is 8.22. The van der Waals surface area contributed by atoms with E-state index in [1.54, 1.807) is 41.3 Å². The number of rotatable bonds is 4. The first-order valence-electron chi connectivity index (χ1n) is 9.39. The van der Waals surface area contributed by atoms with Gasteiger partial charge in [-0.1, -0.05) is 18.2 Å². The molecule has 0 bridgehead atoms. The van der Waals surface area contributed by atoms with Crippen LogP contribution in [0.5, 0.6) is 11.5 Å². The zero-order valence-electron chi connectivity index (χ0n) is 15.7. The van der Waals surface area contributed by atoms with E-state index in [2.05, 4.69) is 9.12 Å². The van der Waals surface area contributed by atoms with E-state index in [0.29, 0.717) is 42.3 Å². The minimum absolute atomic E-state index is 0.00793. The molecule has 1 saturated heterocycles. The zero-order chi connectivity index (χ0) is 20.4. The molecular formula is C20H22N4O4S. The highest BCUT2D eigenvalue weighted by atomic mass is 32.2. The van der Waals surface area contributed by atoms with Gasteiger partial charge in [-0.3, -0.25) is 4.79 Å². The van der Waals surface area contributed by atoms with Gasteiger partial charge in [-0.25, -0.2) is 0 Å². The van der Waals surface area contributed by atoms with Crippen LogP contribution in [0.15, 0.2) is 46.9 Å². The zero-order valence-corrected chi connectivity index (χ0v) is 16.5. The summed E-state index contributed by atoms with van der Waals surface area (Å²) in [7, 11) is 0. The molecule has 2 heterocycles. The molecule has 2 aliphatic rings. The van der Waals surface area contributed by atoms with Crippen molar-refractivity contribution in [3.8, 4) is 11.5 Å². The standard InChI is InChI=1S/C20H22N4O4S/c21-19-18-15(22-29(27)23-19)7-3-9-17(18)28-12-13-5-4-10-24(11-13)20(26)14-6-1-2-8-16(14)25/h1-3,6-9,13,22,25H,4-5,10-12H2,(H2,21,23). The number of para-hydroxylation sites is 1. The van der Waals surface area contributed by atoms with Crippen molar-refractivity contribution in [1.82, 2.24) is 4.90 Å². The highest BCUT2D eigenvalue weighted by Crippen LogP contribution is 2.31. The molecule has 8 nitrogen and oxygen atoms in total. The Balaban J connectivity index is 1.43. The molecule has 9 heteroatoms. The number of carbonyl (C=O) groups is 1. The van der Waals surface area contributed by atoms with Gasteiger partial charge in [-0.15, -0.1) is 0 Å². The summed E-state index contributed by atoms with van der Waals surface area (Å²) in [5.41, 5.74) is 7.48. The summed E-state index contributed by atoms with van der Waals surface area (Å²) in [6, 6.07) is 11.9. The number of anilines is 1. The van der Waals surface area contributed by atoms with E-state index >= 15 is 0 Å². The number of hydrogen-bond donors (Lipinski definition) is 3. The number of aromatic hydroxyl groups is 1. The van der Waals surface area contributed by atoms with E-state index in [1.807, 2.05) is 0 Å². The number of nitrogens with zero attached hydrogens (tertiary/aromatic N) is 2. The van der Waals surface area contributed by atoms with Crippen LogP contribution in [0.25, 0.3) is 0 Å². The number of fused-ring (bicyclic) bond motifs is 1. The number of phenolic OH excluding ortho intramolecular Hbond substituents is 1. The first-order valence-corrected chi connectivity index (χ1v) is 10.5. The lowest BCUT2D eigenvalue weighted by Crippen LogP contribution is -2.41. The topological polar surface area (TPSA) is 123 Å². The molecule has 29 heavy (non-hydrogen) atoms. The monoisotopic (exact) mass is 414 g/mol. The van der Waals surface area contributed by atoms with E-state index in [9.17, 15) is 14.5 Å². The Morgan fingerprint density at radius 1 is 1.34 bits per heavy atom. The van der Waals surface area contributed by atoms with Crippen molar-refractivity contribution in [2.45, 2.75) is 12.8 Å². The fraction of sp³-hybridized carbons (Fsp3) is 0.300. The Labute approximate surface area is 171 Å². The van der Waals surface area contributed by atoms with Gasteiger partial charge in [0.05, 0.1) is 23.4 Å². The predicted molar refractivity (Wildman–Crippen MR) is 111 cm³/mol. The van der Waals surface area contributed by atoms with Crippen LogP contribution in [0, 0.1) is 5.92 Å². The molecule has 4 rings (SSSR count). The minimum Gasteiger partial charge on any atom is -0.566 e. The number of hydrogen-bond acceptors (Lipinski definition) is 7. The molecule has 0 spiro atoms. The number of ether oxygens (including phenoxy) is 1. The molecule has 0 aliphatic carbocycles. The number of amides is 1. The summed E-state index contributed by atoms with van der Waals surface area (Å²) < 4.78 is 24.3. The molecule has 2 aromatic rings. The normalized spacial score (nSPS) is 21.0. The lowest BCUT2D eigenvalue weighted by molar-refractivity contribution is 0.0630. The van der Waals surface area contributed by atoms with Crippen LogP contribution in [0.2, 0.25) is 0 Å². The van der Waals surface area contributed by atoms with Crippen LogP contribution in [0.1, 0.15) is 28.8 Å². The summed E-state index contributed by atoms with van der Waals surface area (Å²) >= 11 is -1.59. The van der Waals surface area contributed by atoms with Gasteiger partial charge in [0.1, 0.15) is 11.5 Å². The fourth-order valence-electron chi connectivity index (χ4n) is 3.67. The first kappa shape index (κ1) is 19.4. The third kappa shape index (κ3) is 4.10. The summed E-state index contributed by atoms with van der Waals surface area (Å²) in [6.07, 6.45) is 1.80. The molecule has 2 atom stereocenters. The van der Waals surface area contributed by atoms with Gasteiger partial charge in [0.25, 0.3) is 5.91 Å². The highest BCUT2D eigenvalue weighted by Gasteiger charge is 2.28. The maximum atomic E-state index is 12.8. The Hall–Kier alpha value is -2.91. The van der Waals surface area contributed by atoms with Gasteiger partial charge in [0, 0.05) is 19.0 Å². The molecule has 0 saturated carbocycles. The highest BCUT2D eigenvalue weighted by molar-refractivity contribution is 7.91. The average molecular weight is 414 g/mol. The number of nitrogens with one attached hydrogen (secondary N) is 1. The summed E-state index contributed by atoms with van der Waals surface area (Å²) in [6.45, 7) is 1.62.